The second-order valence-corrected chi connectivity index (χ2v) is 3.70. The van der Waals surface area contributed by atoms with Crippen LogP contribution < -0.4 is 5.73 Å². The zero-order chi connectivity index (χ0) is 12.0. The summed E-state index contributed by atoms with van der Waals surface area (Å²) in [5.74, 6) is -0.0107. The highest BCUT2D eigenvalue weighted by atomic mass is 35.5. The number of halogens is 1. The first-order chi connectivity index (χ1) is 7.65. The second kappa shape index (κ2) is 7.92. The van der Waals surface area contributed by atoms with Crippen LogP contribution in [0.3, 0.4) is 0 Å². The van der Waals surface area contributed by atoms with Crippen LogP contribution in [0.2, 0.25) is 0 Å². The molecule has 2 N–H and O–H groups in total. The van der Waals surface area contributed by atoms with Gasteiger partial charge >= 0.3 is 0 Å². The minimum atomic E-state index is -0.0107. The van der Waals surface area contributed by atoms with E-state index in [1.165, 1.54) is 0 Å². The van der Waals surface area contributed by atoms with E-state index >= 15 is 0 Å². The van der Waals surface area contributed by atoms with Crippen molar-refractivity contribution in [1.82, 2.24) is 4.90 Å². The average molecular weight is 259 g/mol. The number of nitrogen functional groups attached to an aromatic ring is 1. The van der Waals surface area contributed by atoms with E-state index in [1.807, 2.05) is 0 Å². The molecule has 0 spiro atoms. The Labute approximate surface area is 108 Å². The largest absolute Gasteiger partial charge is 0.399 e. The van der Waals surface area contributed by atoms with E-state index in [4.69, 9.17) is 10.5 Å². The number of hydrogen-bond donors (Lipinski definition) is 1. The SMILES string of the molecule is COCCCN(C)C(=O)c1cccc(N)c1.Cl. The lowest BCUT2D eigenvalue weighted by Gasteiger charge is -2.17. The molecule has 1 aromatic rings. The van der Waals surface area contributed by atoms with Crippen LogP contribution in [0.5, 0.6) is 0 Å². The van der Waals surface area contributed by atoms with Crippen molar-refractivity contribution in [2.45, 2.75) is 6.42 Å². The van der Waals surface area contributed by atoms with Crippen LogP contribution in [0.25, 0.3) is 0 Å². The quantitative estimate of drug-likeness (QED) is 0.647. The molecule has 1 rings (SSSR count). The Morgan fingerprint density at radius 1 is 1.47 bits per heavy atom. The molecule has 0 aliphatic carbocycles. The summed E-state index contributed by atoms with van der Waals surface area (Å²) in [6.45, 7) is 1.34. The molecule has 0 aliphatic heterocycles. The molecular weight excluding hydrogens is 240 g/mol. The number of benzene rings is 1. The van der Waals surface area contributed by atoms with E-state index in [2.05, 4.69) is 0 Å². The van der Waals surface area contributed by atoms with Crippen molar-refractivity contribution in [3.8, 4) is 0 Å². The lowest BCUT2D eigenvalue weighted by molar-refractivity contribution is 0.0779. The number of hydrogen-bond acceptors (Lipinski definition) is 3. The number of carbonyl (C=O) groups is 1. The van der Waals surface area contributed by atoms with Gasteiger partial charge in [-0.25, -0.2) is 0 Å². The molecule has 17 heavy (non-hydrogen) atoms. The van der Waals surface area contributed by atoms with E-state index in [-0.39, 0.29) is 18.3 Å². The molecule has 96 valence electrons. The van der Waals surface area contributed by atoms with Crippen molar-refractivity contribution in [2.75, 3.05) is 33.0 Å². The smallest absolute Gasteiger partial charge is 0.253 e. The summed E-state index contributed by atoms with van der Waals surface area (Å²) in [6.07, 6.45) is 0.834. The number of methoxy groups -OCH3 is 1. The third kappa shape index (κ3) is 5.06. The third-order valence-corrected chi connectivity index (χ3v) is 2.32. The van der Waals surface area contributed by atoms with Crippen molar-refractivity contribution >= 4 is 24.0 Å². The number of carbonyl (C=O) groups excluding carboxylic acids is 1. The fraction of sp³-hybridized carbons (Fsp3) is 0.417. The fourth-order valence-corrected chi connectivity index (χ4v) is 1.44. The van der Waals surface area contributed by atoms with Gasteiger partial charge < -0.3 is 15.4 Å². The van der Waals surface area contributed by atoms with Crippen LogP contribution >= 0.6 is 12.4 Å². The first-order valence-electron chi connectivity index (χ1n) is 5.25. The highest BCUT2D eigenvalue weighted by molar-refractivity contribution is 5.94. The summed E-state index contributed by atoms with van der Waals surface area (Å²) in [7, 11) is 3.43. The van der Waals surface area contributed by atoms with Gasteiger partial charge in [-0.15, -0.1) is 12.4 Å². The molecule has 0 aromatic heterocycles. The predicted octanol–water partition coefficient (Wildman–Crippen LogP) is 1.80. The Morgan fingerprint density at radius 2 is 2.18 bits per heavy atom. The molecule has 5 heteroatoms. The van der Waals surface area contributed by atoms with Crippen molar-refractivity contribution < 1.29 is 9.53 Å². The maximum absolute atomic E-state index is 11.9. The van der Waals surface area contributed by atoms with Gasteiger partial charge in [-0.1, -0.05) is 6.07 Å². The van der Waals surface area contributed by atoms with Crippen LogP contribution in [0, 0.1) is 0 Å². The molecule has 0 fully saturated rings. The number of nitrogens with two attached hydrogens (primary N) is 1. The standard InChI is InChI=1S/C12H18N2O2.ClH/c1-14(7-4-8-16-2)12(15)10-5-3-6-11(13)9-10;/h3,5-6,9H,4,7-8,13H2,1-2H3;1H. The third-order valence-electron chi connectivity index (χ3n) is 2.32. The minimum absolute atomic E-state index is 0. The average Bonchev–Trinajstić information content (AvgIpc) is 2.28. The van der Waals surface area contributed by atoms with E-state index in [0.29, 0.717) is 24.4 Å². The normalized spacial score (nSPS) is 9.53. The molecule has 0 aliphatic rings. The van der Waals surface area contributed by atoms with E-state index in [1.54, 1.807) is 43.3 Å². The molecule has 4 nitrogen and oxygen atoms in total. The highest BCUT2D eigenvalue weighted by Gasteiger charge is 2.10. The van der Waals surface area contributed by atoms with Gasteiger partial charge in [-0.2, -0.15) is 0 Å². The molecule has 0 unspecified atom stereocenters. The summed E-state index contributed by atoms with van der Waals surface area (Å²) < 4.78 is 4.94. The number of anilines is 1. The zero-order valence-electron chi connectivity index (χ0n) is 10.2. The fourth-order valence-electron chi connectivity index (χ4n) is 1.44. The van der Waals surface area contributed by atoms with Gasteiger partial charge in [0.15, 0.2) is 0 Å². The number of amides is 1. The number of ether oxygens (including phenoxy) is 1. The molecule has 1 amide bonds. The number of nitrogens with zero attached hydrogens (tertiary/aromatic N) is 1. The van der Waals surface area contributed by atoms with E-state index in [9.17, 15) is 4.79 Å². The van der Waals surface area contributed by atoms with Gasteiger partial charge in [-0.05, 0) is 24.6 Å². The van der Waals surface area contributed by atoms with E-state index in [0.717, 1.165) is 6.42 Å². The molecule has 0 heterocycles. The lowest BCUT2D eigenvalue weighted by atomic mass is 10.2. The van der Waals surface area contributed by atoms with Crippen LogP contribution in [-0.4, -0.2) is 38.1 Å². The highest BCUT2D eigenvalue weighted by Crippen LogP contribution is 2.09. The van der Waals surface area contributed by atoms with Gasteiger partial charge in [0.2, 0.25) is 0 Å². The molecule has 1 aromatic carbocycles. The minimum Gasteiger partial charge on any atom is -0.399 e. The summed E-state index contributed by atoms with van der Waals surface area (Å²) in [6, 6.07) is 7.01. The van der Waals surface area contributed by atoms with Gasteiger partial charge in [0.25, 0.3) is 5.91 Å². The summed E-state index contributed by atoms with van der Waals surface area (Å²) in [5, 5.41) is 0. The van der Waals surface area contributed by atoms with E-state index < -0.39 is 0 Å². The van der Waals surface area contributed by atoms with Gasteiger partial charge in [0, 0.05) is 38.6 Å². The summed E-state index contributed by atoms with van der Waals surface area (Å²) >= 11 is 0. The van der Waals surface area contributed by atoms with Crippen molar-refractivity contribution in [3.05, 3.63) is 29.8 Å². The topological polar surface area (TPSA) is 55.6 Å². The Hall–Kier alpha value is -1.26. The maximum atomic E-state index is 11.9. The Balaban J connectivity index is 0.00000256. The molecule has 0 radical (unpaired) electrons. The van der Waals surface area contributed by atoms with Crippen molar-refractivity contribution in [1.29, 1.82) is 0 Å². The molecular formula is C12H19ClN2O2. The Morgan fingerprint density at radius 3 is 2.76 bits per heavy atom. The van der Waals surface area contributed by atoms with Crippen LogP contribution in [0.15, 0.2) is 24.3 Å². The summed E-state index contributed by atoms with van der Waals surface area (Å²) in [4.78, 5) is 13.6. The molecule has 0 atom stereocenters. The van der Waals surface area contributed by atoms with Gasteiger partial charge in [-0.3, -0.25) is 4.79 Å². The summed E-state index contributed by atoms with van der Waals surface area (Å²) in [5.41, 5.74) is 6.86. The van der Waals surface area contributed by atoms with Gasteiger partial charge in [0.1, 0.15) is 0 Å². The number of rotatable bonds is 5. The monoisotopic (exact) mass is 258 g/mol. The first kappa shape index (κ1) is 15.7. The first-order valence-corrected chi connectivity index (χ1v) is 5.25. The second-order valence-electron chi connectivity index (χ2n) is 3.70. The maximum Gasteiger partial charge on any atom is 0.253 e. The van der Waals surface area contributed by atoms with Gasteiger partial charge in [0.05, 0.1) is 0 Å². The van der Waals surface area contributed by atoms with Crippen LogP contribution in [0.1, 0.15) is 16.8 Å². The van der Waals surface area contributed by atoms with Crippen LogP contribution in [-0.2, 0) is 4.74 Å². The molecule has 0 saturated heterocycles. The van der Waals surface area contributed by atoms with Crippen molar-refractivity contribution in [2.24, 2.45) is 0 Å². The molecule has 0 bridgehead atoms. The zero-order valence-corrected chi connectivity index (χ0v) is 11.0. The van der Waals surface area contributed by atoms with Crippen LogP contribution in [0.4, 0.5) is 5.69 Å². The Kier molecular flexibility index (Phi) is 7.34. The lowest BCUT2D eigenvalue weighted by Crippen LogP contribution is -2.28. The molecule has 0 saturated carbocycles. The van der Waals surface area contributed by atoms with Crippen molar-refractivity contribution in [3.63, 3.8) is 0 Å². The predicted molar refractivity (Wildman–Crippen MR) is 71.6 cm³/mol. The Bertz CT molecular complexity index is 358.